The van der Waals surface area contributed by atoms with Crippen molar-refractivity contribution in [2.24, 2.45) is 0 Å². The van der Waals surface area contributed by atoms with Gasteiger partial charge in [-0.1, -0.05) is 12.1 Å². The molecule has 2 aliphatic rings. The highest BCUT2D eigenvalue weighted by atomic mass is 16.6. The molecule has 0 aliphatic carbocycles. The fourth-order valence-corrected chi connectivity index (χ4v) is 2.25. The summed E-state index contributed by atoms with van der Waals surface area (Å²) in [6.07, 6.45) is 2.06. The molecule has 1 spiro atoms. The van der Waals surface area contributed by atoms with E-state index in [2.05, 4.69) is 5.32 Å². The fourth-order valence-electron chi connectivity index (χ4n) is 2.25. The van der Waals surface area contributed by atoms with Crippen LogP contribution in [-0.2, 0) is 0 Å². The van der Waals surface area contributed by atoms with Crippen LogP contribution in [0.2, 0.25) is 0 Å². The van der Waals surface area contributed by atoms with Crippen molar-refractivity contribution in [3.8, 4) is 11.5 Å². The van der Waals surface area contributed by atoms with E-state index in [-0.39, 0.29) is 5.60 Å². The molecule has 2 heterocycles. The lowest BCUT2D eigenvalue weighted by molar-refractivity contribution is -0.0302. The topological polar surface area (TPSA) is 30.5 Å². The number of hydrogen-bond acceptors (Lipinski definition) is 3. The smallest absolute Gasteiger partial charge is 0.162 e. The van der Waals surface area contributed by atoms with Crippen LogP contribution in [-0.4, -0.2) is 25.3 Å². The predicted molar refractivity (Wildman–Crippen MR) is 57.4 cm³/mol. The number of fused-ring (bicyclic) bond motifs is 1. The third-order valence-corrected chi connectivity index (χ3v) is 3.18. The van der Waals surface area contributed by atoms with E-state index in [1.54, 1.807) is 0 Å². The summed E-state index contributed by atoms with van der Waals surface area (Å²) in [6, 6.07) is 7.91. The minimum atomic E-state index is -0.0837. The second kappa shape index (κ2) is 3.42. The standard InChI is InChI=1S/C12H15NO2/c1-2-4-11-10(3-1)14-9-12(15-11)5-7-13-8-6-12/h1-4,13H,5-9H2. The third-order valence-electron chi connectivity index (χ3n) is 3.18. The maximum absolute atomic E-state index is 6.10. The van der Waals surface area contributed by atoms with Gasteiger partial charge in [-0.3, -0.25) is 0 Å². The summed E-state index contributed by atoms with van der Waals surface area (Å²) in [6.45, 7) is 2.72. The Morgan fingerprint density at radius 3 is 2.60 bits per heavy atom. The molecule has 0 saturated carbocycles. The van der Waals surface area contributed by atoms with E-state index in [4.69, 9.17) is 9.47 Å². The molecule has 0 amide bonds. The maximum atomic E-state index is 6.10. The van der Waals surface area contributed by atoms with Crippen LogP contribution in [0.5, 0.6) is 11.5 Å². The lowest BCUT2D eigenvalue weighted by Crippen LogP contribution is -2.51. The van der Waals surface area contributed by atoms with Crippen molar-refractivity contribution in [2.45, 2.75) is 18.4 Å². The van der Waals surface area contributed by atoms with E-state index in [0.717, 1.165) is 37.4 Å². The van der Waals surface area contributed by atoms with Gasteiger partial charge in [0.15, 0.2) is 11.5 Å². The Bertz CT molecular complexity index is 358. The summed E-state index contributed by atoms with van der Waals surface area (Å²) in [5.41, 5.74) is -0.0837. The van der Waals surface area contributed by atoms with Gasteiger partial charge in [0.1, 0.15) is 12.2 Å². The highest BCUT2D eigenvalue weighted by Crippen LogP contribution is 2.38. The summed E-state index contributed by atoms with van der Waals surface area (Å²) in [5, 5.41) is 3.34. The number of piperidine rings is 1. The summed E-state index contributed by atoms with van der Waals surface area (Å²) in [7, 11) is 0. The molecule has 80 valence electrons. The van der Waals surface area contributed by atoms with Gasteiger partial charge in [0.05, 0.1) is 0 Å². The van der Waals surface area contributed by atoms with Gasteiger partial charge in [-0.05, 0) is 25.2 Å². The van der Waals surface area contributed by atoms with Gasteiger partial charge in [0, 0.05) is 12.8 Å². The Morgan fingerprint density at radius 2 is 1.80 bits per heavy atom. The molecule has 3 nitrogen and oxygen atoms in total. The molecule has 0 bridgehead atoms. The number of hydrogen-bond donors (Lipinski definition) is 1. The Kier molecular flexibility index (Phi) is 2.06. The average Bonchev–Trinajstić information content (AvgIpc) is 2.30. The zero-order valence-corrected chi connectivity index (χ0v) is 8.66. The van der Waals surface area contributed by atoms with E-state index >= 15 is 0 Å². The molecule has 1 saturated heterocycles. The first kappa shape index (κ1) is 9.04. The highest BCUT2D eigenvalue weighted by Gasteiger charge is 2.38. The average molecular weight is 205 g/mol. The molecule has 0 aromatic heterocycles. The Hall–Kier alpha value is -1.22. The van der Waals surface area contributed by atoms with E-state index in [1.165, 1.54) is 0 Å². The molecule has 0 radical (unpaired) electrons. The fraction of sp³-hybridized carbons (Fsp3) is 0.500. The monoisotopic (exact) mass is 205 g/mol. The first-order valence-electron chi connectivity index (χ1n) is 5.50. The summed E-state index contributed by atoms with van der Waals surface area (Å²) in [5.74, 6) is 1.77. The zero-order chi connectivity index (χ0) is 10.1. The molecule has 3 rings (SSSR count). The van der Waals surface area contributed by atoms with Crippen molar-refractivity contribution in [3.05, 3.63) is 24.3 Å². The molecule has 1 N–H and O–H groups in total. The lowest BCUT2D eigenvalue weighted by Gasteiger charge is -2.41. The molecule has 0 unspecified atom stereocenters. The molecule has 15 heavy (non-hydrogen) atoms. The van der Waals surface area contributed by atoms with E-state index in [1.807, 2.05) is 24.3 Å². The Morgan fingerprint density at radius 1 is 1.07 bits per heavy atom. The van der Waals surface area contributed by atoms with E-state index in [0.29, 0.717) is 6.61 Å². The van der Waals surface area contributed by atoms with Crippen LogP contribution < -0.4 is 14.8 Å². The summed E-state index contributed by atoms with van der Waals surface area (Å²) in [4.78, 5) is 0. The molecule has 0 atom stereocenters. The zero-order valence-electron chi connectivity index (χ0n) is 8.66. The van der Waals surface area contributed by atoms with E-state index < -0.39 is 0 Å². The van der Waals surface area contributed by atoms with Crippen molar-refractivity contribution < 1.29 is 9.47 Å². The van der Waals surface area contributed by atoms with Crippen LogP contribution in [0.1, 0.15) is 12.8 Å². The highest BCUT2D eigenvalue weighted by molar-refractivity contribution is 5.41. The number of para-hydroxylation sites is 2. The van der Waals surface area contributed by atoms with Gasteiger partial charge >= 0.3 is 0 Å². The second-order valence-corrected chi connectivity index (χ2v) is 4.27. The predicted octanol–water partition coefficient (Wildman–Crippen LogP) is 1.58. The minimum absolute atomic E-state index is 0.0837. The van der Waals surface area contributed by atoms with Gasteiger partial charge in [0.2, 0.25) is 0 Å². The normalized spacial score (nSPS) is 22.7. The summed E-state index contributed by atoms with van der Waals surface area (Å²) < 4.78 is 11.9. The van der Waals surface area contributed by atoms with Crippen molar-refractivity contribution in [3.63, 3.8) is 0 Å². The SMILES string of the molecule is c1ccc2c(c1)OCC1(CCNCC1)O2. The van der Waals surface area contributed by atoms with Gasteiger partial charge < -0.3 is 14.8 Å². The van der Waals surface area contributed by atoms with Gasteiger partial charge in [-0.2, -0.15) is 0 Å². The van der Waals surface area contributed by atoms with Crippen molar-refractivity contribution in [1.29, 1.82) is 0 Å². The van der Waals surface area contributed by atoms with Crippen LogP contribution in [0.4, 0.5) is 0 Å². The Labute approximate surface area is 89.4 Å². The maximum Gasteiger partial charge on any atom is 0.162 e. The second-order valence-electron chi connectivity index (χ2n) is 4.27. The number of rotatable bonds is 0. The number of nitrogens with one attached hydrogen (secondary N) is 1. The van der Waals surface area contributed by atoms with Crippen LogP contribution in [0.25, 0.3) is 0 Å². The molecule has 2 aliphatic heterocycles. The van der Waals surface area contributed by atoms with Crippen LogP contribution in [0.3, 0.4) is 0 Å². The van der Waals surface area contributed by atoms with Crippen molar-refractivity contribution in [2.75, 3.05) is 19.7 Å². The van der Waals surface area contributed by atoms with Gasteiger partial charge in [-0.15, -0.1) is 0 Å². The largest absolute Gasteiger partial charge is 0.486 e. The van der Waals surface area contributed by atoms with Crippen molar-refractivity contribution >= 4 is 0 Å². The van der Waals surface area contributed by atoms with Crippen molar-refractivity contribution in [1.82, 2.24) is 5.32 Å². The van der Waals surface area contributed by atoms with Crippen LogP contribution in [0, 0.1) is 0 Å². The molecule has 1 fully saturated rings. The number of benzene rings is 1. The van der Waals surface area contributed by atoms with Gasteiger partial charge in [-0.25, -0.2) is 0 Å². The third kappa shape index (κ3) is 1.57. The van der Waals surface area contributed by atoms with Gasteiger partial charge in [0.25, 0.3) is 0 Å². The summed E-state index contributed by atoms with van der Waals surface area (Å²) >= 11 is 0. The van der Waals surface area contributed by atoms with Crippen LogP contribution >= 0.6 is 0 Å². The van der Waals surface area contributed by atoms with E-state index in [9.17, 15) is 0 Å². The molecule has 3 heteroatoms. The number of ether oxygens (including phenoxy) is 2. The molecular formula is C12H15NO2. The molecule has 1 aromatic carbocycles. The molecule has 1 aromatic rings. The minimum Gasteiger partial charge on any atom is -0.486 e. The van der Waals surface area contributed by atoms with Crippen LogP contribution in [0.15, 0.2) is 24.3 Å². The molecular weight excluding hydrogens is 190 g/mol. The quantitative estimate of drug-likeness (QED) is 0.697. The first-order chi connectivity index (χ1) is 7.38. The first-order valence-corrected chi connectivity index (χ1v) is 5.50. The Balaban J connectivity index is 1.87. The lowest BCUT2D eigenvalue weighted by atomic mass is 9.92.